The van der Waals surface area contributed by atoms with Gasteiger partial charge in [-0.25, -0.2) is 9.18 Å². The first-order valence-corrected chi connectivity index (χ1v) is 9.28. The maximum atomic E-state index is 12.9. The number of hydrogen-bond acceptors (Lipinski definition) is 4. The smallest absolute Gasteiger partial charge is 0.339 e. The van der Waals surface area contributed by atoms with E-state index in [-0.39, 0.29) is 16.9 Å². The molecule has 0 saturated heterocycles. The van der Waals surface area contributed by atoms with Crippen molar-refractivity contribution in [3.8, 4) is 0 Å². The van der Waals surface area contributed by atoms with Crippen LogP contribution in [0.2, 0.25) is 0 Å². The topological polar surface area (TPSA) is 72.5 Å². The minimum absolute atomic E-state index is 0.0790. The second-order valence-electron chi connectivity index (χ2n) is 6.80. The Kier molecular flexibility index (Phi) is 6.37. The summed E-state index contributed by atoms with van der Waals surface area (Å²) in [7, 11) is 0. The number of carbonyl (C=O) groups excluding carboxylic acids is 3. The predicted octanol–water partition coefficient (Wildman–Crippen LogP) is 4.47. The van der Waals surface area contributed by atoms with Crippen LogP contribution in [0.4, 0.5) is 10.1 Å². The second-order valence-corrected chi connectivity index (χ2v) is 6.80. The van der Waals surface area contributed by atoms with Crippen molar-refractivity contribution in [2.75, 3.05) is 11.9 Å². The van der Waals surface area contributed by atoms with Crippen molar-refractivity contribution in [2.24, 2.45) is 0 Å². The minimum atomic E-state index is -0.781. The third-order valence-corrected chi connectivity index (χ3v) is 4.62. The summed E-state index contributed by atoms with van der Waals surface area (Å²) < 4.78 is 18.0. The van der Waals surface area contributed by atoms with Gasteiger partial charge in [0.25, 0.3) is 5.91 Å². The van der Waals surface area contributed by atoms with Gasteiger partial charge < -0.3 is 10.1 Å². The molecule has 0 aliphatic heterocycles. The first-order valence-electron chi connectivity index (χ1n) is 9.28. The molecule has 30 heavy (non-hydrogen) atoms. The van der Waals surface area contributed by atoms with E-state index in [1.807, 2.05) is 19.9 Å². The van der Waals surface area contributed by atoms with Crippen LogP contribution in [0.15, 0.2) is 66.7 Å². The number of nitrogens with one attached hydrogen (secondary N) is 1. The fraction of sp³-hybridized carbons (Fsp3) is 0.125. The number of anilines is 1. The van der Waals surface area contributed by atoms with Gasteiger partial charge in [0.1, 0.15) is 5.82 Å². The Bertz CT molecular complexity index is 1110. The van der Waals surface area contributed by atoms with Crippen LogP contribution < -0.4 is 5.32 Å². The van der Waals surface area contributed by atoms with Crippen LogP contribution in [0, 0.1) is 19.7 Å². The minimum Gasteiger partial charge on any atom is -0.452 e. The zero-order valence-corrected chi connectivity index (χ0v) is 16.6. The van der Waals surface area contributed by atoms with E-state index < -0.39 is 24.3 Å². The zero-order chi connectivity index (χ0) is 21.7. The van der Waals surface area contributed by atoms with Crippen molar-refractivity contribution in [1.29, 1.82) is 0 Å². The summed E-state index contributed by atoms with van der Waals surface area (Å²) in [5.74, 6) is -2.09. The summed E-state index contributed by atoms with van der Waals surface area (Å²) >= 11 is 0. The first kappa shape index (κ1) is 20.9. The lowest BCUT2D eigenvalue weighted by molar-refractivity contribution is -0.119. The predicted molar refractivity (Wildman–Crippen MR) is 111 cm³/mol. The number of rotatable bonds is 6. The Hall–Kier alpha value is -3.80. The summed E-state index contributed by atoms with van der Waals surface area (Å²) in [4.78, 5) is 37.4. The summed E-state index contributed by atoms with van der Waals surface area (Å²) in [6.45, 7) is 3.32. The van der Waals surface area contributed by atoms with Gasteiger partial charge in [-0.3, -0.25) is 9.59 Å². The molecule has 0 fully saturated rings. The number of ketones is 1. The fourth-order valence-corrected chi connectivity index (χ4v) is 2.84. The molecule has 6 heteroatoms. The Morgan fingerprint density at radius 3 is 2.20 bits per heavy atom. The molecule has 0 atom stereocenters. The molecule has 0 saturated carbocycles. The van der Waals surface area contributed by atoms with Gasteiger partial charge in [0.05, 0.1) is 5.56 Å². The average Bonchev–Trinajstić information content (AvgIpc) is 2.75. The number of carbonyl (C=O) groups is 3. The average molecular weight is 405 g/mol. The monoisotopic (exact) mass is 405 g/mol. The number of esters is 1. The van der Waals surface area contributed by atoms with E-state index in [0.717, 1.165) is 11.1 Å². The Morgan fingerprint density at radius 2 is 1.53 bits per heavy atom. The van der Waals surface area contributed by atoms with Crippen molar-refractivity contribution < 1.29 is 23.5 Å². The van der Waals surface area contributed by atoms with E-state index in [1.54, 1.807) is 30.3 Å². The second kappa shape index (κ2) is 9.13. The summed E-state index contributed by atoms with van der Waals surface area (Å²) in [6.07, 6.45) is 0. The molecule has 0 aliphatic carbocycles. The van der Waals surface area contributed by atoms with Gasteiger partial charge in [0.15, 0.2) is 12.4 Å². The van der Waals surface area contributed by atoms with E-state index in [2.05, 4.69) is 5.32 Å². The number of amides is 1. The highest BCUT2D eigenvalue weighted by atomic mass is 19.1. The van der Waals surface area contributed by atoms with E-state index in [1.165, 1.54) is 30.3 Å². The highest BCUT2D eigenvalue weighted by Gasteiger charge is 2.20. The molecule has 152 valence electrons. The largest absolute Gasteiger partial charge is 0.452 e. The normalized spacial score (nSPS) is 10.4. The third kappa shape index (κ3) is 4.97. The molecule has 3 aromatic rings. The van der Waals surface area contributed by atoms with Crippen LogP contribution in [0.1, 0.15) is 37.4 Å². The van der Waals surface area contributed by atoms with Gasteiger partial charge >= 0.3 is 5.97 Å². The number of ether oxygens (including phenoxy) is 1. The van der Waals surface area contributed by atoms with Gasteiger partial charge in [-0.15, -0.1) is 0 Å². The van der Waals surface area contributed by atoms with Crippen LogP contribution in [0.25, 0.3) is 0 Å². The van der Waals surface area contributed by atoms with Crippen LogP contribution in [-0.2, 0) is 9.53 Å². The lowest BCUT2D eigenvalue weighted by atomic mass is 9.96. The standard InChI is InChI=1S/C24H20FNO4/c1-15-7-8-17(13-16(15)2)23(28)20-5-3-4-6-21(20)24(29)30-14-22(27)26-19-11-9-18(25)10-12-19/h3-13H,14H2,1-2H3,(H,26,27). The van der Waals surface area contributed by atoms with Crippen molar-refractivity contribution in [3.05, 3.63) is 100 Å². The first-order chi connectivity index (χ1) is 14.3. The van der Waals surface area contributed by atoms with Crippen LogP contribution >= 0.6 is 0 Å². The molecule has 0 unspecified atom stereocenters. The quantitative estimate of drug-likeness (QED) is 0.485. The lowest BCUT2D eigenvalue weighted by Crippen LogP contribution is -2.22. The van der Waals surface area contributed by atoms with Crippen molar-refractivity contribution >= 4 is 23.3 Å². The number of hydrogen-bond donors (Lipinski definition) is 1. The van der Waals surface area contributed by atoms with Gasteiger partial charge in [-0.05, 0) is 61.4 Å². The van der Waals surface area contributed by atoms with E-state index in [0.29, 0.717) is 11.3 Å². The molecule has 0 aliphatic rings. The Balaban J connectivity index is 1.70. The fourth-order valence-electron chi connectivity index (χ4n) is 2.84. The molecule has 5 nitrogen and oxygen atoms in total. The molecule has 0 heterocycles. The molecule has 0 aromatic heterocycles. The molecule has 1 amide bonds. The molecule has 3 aromatic carbocycles. The molecule has 1 N–H and O–H groups in total. The van der Waals surface area contributed by atoms with Crippen LogP contribution in [0.5, 0.6) is 0 Å². The van der Waals surface area contributed by atoms with Gasteiger partial charge in [-0.1, -0.05) is 30.3 Å². The third-order valence-electron chi connectivity index (χ3n) is 4.62. The van der Waals surface area contributed by atoms with E-state index in [9.17, 15) is 18.8 Å². The van der Waals surface area contributed by atoms with E-state index >= 15 is 0 Å². The molecular formula is C24H20FNO4. The molecular weight excluding hydrogens is 385 g/mol. The highest BCUT2D eigenvalue weighted by Crippen LogP contribution is 2.18. The number of benzene rings is 3. The Labute approximate surface area is 173 Å². The molecule has 0 radical (unpaired) electrons. The highest BCUT2D eigenvalue weighted by molar-refractivity contribution is 6.14. The van der Waals surface area contributed by atoms with Crippen molar-refractivity contribution in [2.45, 2.75) is 13.8 Å². The van der Waals surface area contributed by atoms with Crippen LogP contribution in [0.3, 0.4) is 0 Å². The Morgan fingerprint density at radius 1 is 0.867 bits per heavy atom. The lowest BCUT2D eigenvalue weighted by Gasteiger charge is -2.10. The number of halogens is 1. The maximum Gasteiger partial charge on any atom is 0.339 e. The van der Waals surface area contributed by atoms with E-state index in [4.69, 9.17) is 4.74 Å². The molecule has 0 bridgehead atoms. The summed E-state index contributed by atoms with van der Waals surface area (Å²) in [5, 5.41) is 2.50. The van der Waals surface area contributed by atoms with Crippen molar-refractivity contribution in [1.82, 2.24) is 0 Å². The van der Waals surface area contributed by atoms with Gasteiger partial charge in [0.2, 0.25) is 0 Å². The zero-order valence-electron chi connectivity index (χ0n) is 16.6. The molecule has 3 rings (SSSR count). The molecule has 0 spiro atoms. The number of aryl methyl sites for hydroxylation is 2. The SMILES string of the molecule is Cc1ccc(C(=O)c2ccccc2C(=O)OCC(=O)Nc2ccc(F)cc2)cc1C. The van der Waals surface area contributed by atoms with Crippen molar-refractivity contribution in [3.63, 3.8) is 0 Å². The van der Waals surface area contributed by atoms with Crippen LogP contribution in [-0.4, -0.2) is 24.3 Å². The summed E-state index contributed by atoms with van der Waals surface area (Å²) in [6, 6.07) is 16.8. The maximum absolute atomic E-state index is 12.9. The summed E-state index contributed by atoms with van der Waals surface area (Å²) in [5.41, 5.74) is 3.15. The van der Waals surface area contributed by atoms with Gasteiger partial charge in [0, 0.05) is 16.8 Å². The van der Waals surface area contributed by atoms with Gasteiger partial charge in [-0.2, -0.15) is 0 Å².